The maximum Gasteiger partial charge on any atom is 0.364 e. The van der Waals surface area contributed by atoms with E-state index in [0.717, 1.165) is 77.6 Å². The van der Waals surface area contributed by atoms with Crippen LogP contribution >= 0.6 is 0 Å². The SMILES string of the molecule is CCCCCCCCCC/C=C/C(O)C(COC1OC(CO)C(OC2OC(CO)C(O)C(OC3(C(=O)O)CC(O)C(NC(C)=O)C(C(O)C(O)CO)O3)C2O)C(O)C1O)NC(=O)CCCCCCCCC/C=C\CCCCCCCCCCCCC. The third-order valence-electron chi connectivity index (χ3n) is 16.6. The lowest BCUT2D eigenvalue weighted by Gasteiger charge is -2.50. The molecule has 3 heterocycles. The van der Waals surface area contributed by atoms with E-state index in [4.69, 9.17) is 28.4 Å². The molecule has 0 spiro atoms. The van der Waals surface area contributed by atoms with Gasteiger partial charge < -0.3 is 100 Å². The van der Waals surface area contributed by atoms with Crippen molar-refractivity contribution in [3.05, 3.63) is 24.3 Å². The second kappa shape index (κ2) is 44.6. The first-order valence-electron chi connectivity index (χ1n) is 32.7. The molecule has 0 aromatic rings. The Bertz CT molecular complexity index is 1850. The Morgan fingerprint density at radius 2 is 1.09 bits per heavy atom. The van der Waals surface area contributed by atoms with Crippen LogP contribution in [0, 0.1) is 0 Å². The van der Waals surface area contributed by atoms with Crippen molar-refractivity contribution in [1.29, 1.82) is 0 Å². The Morgan fingerprint density at radius 1 is 0.605 bits per heavy atom. The van der Waals surface area contributed by atoms with Crippen molar-refractivity contribution in [2.24, 2.45) is 0 Å². The summed E-state index contributed by atoms with van der Waals surface area (Å²) in [6, 6.07) is -2.62. The number of aliphatic hydroxyl groups is 11. The fraction of sp³-hybridized carbons (Fsp3) is 0.889. The van der Waals surface area contributed by atoms with Crippen LogP contribution in [0.1, 0.15) is 220 Å². The number of ether oxygens (including phenoxy) is 6. The molecule has 0 saturated carbocycles. The summed E-state index contributed by atoms with van der Waals surface area (Å²) in [6.07, 6.45) is 12.6. The Hall–Kier alpha value is -2.79. The zero-order valence-electron chi connectivity index (χ0n) is 51.9. The van der Waals surface area contributed by atoms with E-state index in [1.807, 2.05) is 6.08 Å². The quantitative estimate of drug-likeness (QED) is 0.0294. The van der Waals surface area contributed by atoms with Crippen LogP contribution in [0.3, 0.4) is 0 Å². The lowest BCUT2D eigenvalue weighted by Crippen LogP contribution is -2.70. The first-order valence-corrected chi connectivity index (χ1v) is 32.7. The highest BCUT2D eigenvalue weighted by molar-refractivity contribution is 5.77. The second-order valence-corrected chi connectivity index (χ2v) is 24.0. The topological polar surface area (TPSA) is 373 Å². The second-order valence-electron chi connectivity index (χ2n) is 24.0. The Labute approximate surface area is 511 Å². The largest absolute Gasteiger partial charge is 0.477 e. The van der Waals surface area contributed by atoms with Gasteiger partial charge in [-0.2, -0.15) is 0 Å². The highest BCUT2D eigenvalue weighted by Gasteiger charge is 2.60. The van der Waals surface area contributed by atoms with Gasteiger partial charge in [0.1, 0.15) is 67.1 Å². The van der Waals surface area contributed by atoms with Crippen molar-refractivity contribution in [3.63, 3.8) is 0 Å². The summed E-state index contributed by atoms with van der Waals surface area (Å²) in [7, 11) is 0. The Kier molecular flexibility index (Phi) is 40.2. The number of hydrogen-bond acceptors (Lipinski definition) is 20. The summed E-state index contributed by atoms with van der Waals surface area (Å²) in [5, 5.41) is 135. The van der Waals surface area contributed by atoms with E-state index in [-0.39, 0.29) is 12.3 Å². The molecule has 86 heavy (non-hydrogen) atoms. The number of allylic oxidation sites excluding steroid dienone is 3. The Balaban J connectivity index is 1.59. The highest BCUT2D eigenvalue weighted by atomic mass is 16.8. The smallest absolute Gasteiger partial charge is 0.364 e. The van der Waals surface area contributed by atoms with E-state index < -0.39 is 155 Å². The van der Waals surface area contributed by atoms with E-state index >= 15 is 0 Å². The lowest BCUT2D eigenvalue weighted by atomic mass is 9.88. The zero-order chi connectivity index (χ0) is 63.3. The maximum atomic E-state index is 13.4. The van der Waals surface area contributed by atoms with E-state index in [0.29, 0.717) is 12.8 Å². The van der Waals surface area contributed by atoms with Gasteiger partial charge in [0, 0.05) is 19.8 Å². The van der Waals surface area contributed by atoms with E-state index in [1.165, 1.54) is 103 Å². The number of amides is 2. The van der Waals surface area contributed by atoms with Gasteiger partial charge in [0.2, 0.25) is 11.8 Å². The molecule has 2 amide bonds. The summed E-state index contributed by atoms with van der Waals surface area (Å²) in [6.45, 7) is 2.08. The minimum absolute atomic E-state index is 0.195. The van der Waals surface area contributed by atoms with Crippen LogP contribution in [0.15, 0.2) is 24.3 Å². The summed E-state index contributed by atoms with van der Waals surface area (Å²) in [5.41, 5.74) is 0. The van der Waals surface area contributed by atoms with Crippen LogP contribution in [0.5, 0.6) is 0 Å². The summed E-state index contributed by atoms with van der Waals surface area (Å²) in [4.78, 5) is 38.4. The Morgan fingerprint density at radius 3 is 1.58 bits per heavy atom. The number of carboxylic acid groups (broad SMARTS) is 1. The third-order valence-corrected chi connectivity index (χ3v) is 16.6. The normalized spacial score (nSPS) is 29.5. The van der Waals surface area contributed by atoms with Crippen molar-refractivity contribution >= 4 is 17.8 Å². The molecular weight excluding hydrogens is 1120 g/mol. The zero-order valence-corrected chi connectivity index (χ0v) is 51.9. The van der Waals surface area contributed by atoms with Crippen molar-refractivity contribution in [3.8, 4) is 0 Å². The van der Waals surface area contributed by atoms with Gasteiger partial charge in [0.15, 0.2) is 12.6 Å². The number of hydrogen-bond donors (Lipinski definition) is 14. The molecule has 3 fully saturated rings. The fourth-order valence-corrected chi connectivity index (χ4v) is 11.3. The van der Waals surface area contributed by atoms with Crippen LogP contribution < -0.4 is 10.6 Å². The summed E-state index contributed by atoms with van der Waals surface area (Å²) < 4.78 is 34.7. The molecule has 3 aliphatic heterocycles. The number of carbonyl (C=O) groups is 3. The maximum absolute atomic E-state index is 13.4. The van der Waals surface area contributed by atoms with Gasteiger partial charge in [-0.25, -0.2) is 4.79 Å². The number of carboxylic acids is 1. The molecular formula is C63H114N2O21. The van der Waals surface area contributed by atoms with Crippen LogP contribution in [-0.4, -0.2) is 215 Å². The molecule has 0 aromatic carbocycles. The van der Waals surface area contributed by atoms with Crippen molar-refractivity contribution in [2.45, 2.75) is 330 Å². The molecule has 502 valence electrons. The predicted octanol–water partition coefficient (Wildman–Crippen LogP) is 4.50. The molecule has 3 aliphatic rings. The predicted molar refractivity (Wildman–Crippen MR) is 320 cm³/mol. The number of nitrogens with one attached hydrogen (secondary N) is 2. The van der Waals surface area contributed by atoms with E-state index in [1.54, 1.807) is 6.08 Å². The number of aliphatic hydroxyl groups excluding tert-OH is 11. The number of aliphatic carboxylic acids is 1. The number of unbranched alkanes of at least 4 members (excludes halogenated alkanes) is 26. The van der Waals surface area contributed by atoms with Crippen molar-refractivity contribution in [2.75, 3.05) is 26.4 Å². The minimum atomic E-state index is -3.08. The number of rotatable bonds is 48. The standard InChI is InChI=1S/C63H114N2O21/c1-4-6-8-10-12-14-16-17-18-19-20-21-22-23-24-25-26-27-29-31-33-35-37-50(73)65-44(45(70)36-34-32-30-28-15-13-11-9-7-5-2)42-81-60-55(77)54(76)57(49(41-68)83-60)84-61-56(78)59(53(75)48(40-67)82-61)86-63(62(79)80)38-46(71)51(64-43(3)69)58(85-63)52(74)47(72)39-66/h22-23,34,36,44-49,51-61,66-68,70-72,74-78H,4-21,24-33,35,37-42H2,1-3H3,(H,64,69)(H,65,73)(H,79,80)/b23-22-,36-34+. The summed E-state index contributed by atoms with van der Waals surface area (Å²) >= 11 is 0. The first kappa shape index (κ1) is 77.5. The molecule has 23 heteroatoms. The first-order chi connectivity index (χ1) is 41.4. The highest BCUT2D eigenvalue weighted by Crippen LogP contribution is 2.38. The van der Waals surface area contributed by atoms with Crippen molar-refractivity contribution < 1.29 is 104 Å². The van der Waals surface area contributed by atoms with Crippen LogP contribution in [0.2, 0.25) is 0 Å². The van der Waals surface area contributed by atoms with Gasteiger partial charge in [-0.05, 0) is 44.9 Å². The molecule has 14 N–H and O–H groups in total. The molecule has 3 saturated heterocycles. The molecule has 0 bridgehead atoms. The van der Waals surface area contributed by atoms with E-state index in [2.05, 4.69) is 36.6 Å². The molecule has 0 aromatic heterocycles. The van der Waals surface area contributed by atoms with Crippen LogP contribution in [0.4, 0.5) is 0 Å². The summed E-state index contributed by atoms with van der Waals surface area (Å²) in [5.74, 6) is -6.15. The van der Waals surface area contributed by atoms with Gasteiger partial charge in [0.05, 0.1) is 50.7 Å². The molecule has 18 unspecified atom stereocenters. The van der Waals surface area contributed by atoms with Gasteiger partial charge in [-0.1, -0.05) is 179 Å². The molecule has 0 radical (unpaired) electrons. The monoisotopic (exact) mass is 1230 g/mol. The molecule has 3 rings (SSSR count). The molecule has 23 nitrogen and oxygen atoms in total. The minimum Gasteiger partial charge on any atom is -0.477 e. The van der Waals surface area contributed by atoms with E-state index in [9.17, 15) is 75.7 Å². The van der Waals surface area contributed by atoms with Crippen molar-refractivity contribution in [1.82, 2.24) is 10.6 Å². The number of carbonyl (C=O) groups excluding carboxylic acids is 2. The van der Waals surface area contributed by atoms with Gasteiger partial charge >= 0.3 is 5.97 Å². The average molecular weight is 1240 g/mol. The fourth-order valence-electron chi connectivity index (χ4n) is 11.3. The third kappa shape index (κ3) is 27.8. The van der Waals surface area contributed by atoms with Crippen LogP contribution in [0.25, 0.3) is 0 Å². The van der Waals surface area contributed by atoms with Crippen LogP contribution in [-0.2, 0) is 42.8 Å². The van der Waals surface area contributed by atoms with Gasteiger partial charge in [0.25, 0.3) is 5.79 Å². The average Bonchev–Trinajstić information content (AvgIpc) is 0.913. The van der Waals surface area contributed by atoms with Gasteiger partial charge in [-0.3, -0.25) is 9.59 Å². The lowest BCUT2D eigenvalue weighted by molar-refractivity contribution is -0.386. The molecule has 0 aliphatic carbocycles. The molecule has 18 atom stereocenters. The van der Waals surface area contributed by atoms with Gasteiger partial charge in [-0.15, -0.1) is 0 Å².